The van der Waals surface area contributed by atoms with Gasteiger partial charge in [0.1, 0.15) is 19.8 Å². The van der Waals surface area contributed by atoms with Gasteiger partial charge < -0.3 is 18.9 Å². The van der Waals surface area contributed by atoms with Crippen molar-refractivity contribution in [2.24, 2.45) is 0 Å². The standard InChI is InChI=1S/C70H108NO8P/c1-6-8-10-12-14-16-18-20-22-23-24-25-26-27-28-29-30-31-32-33-34-35-36-37-38-39-40-41-42-43-44-45-46-47-49-51-53-55-57-59-61-63-70(73)79-68(67-78-80(74,75)77-65-64-71(3,4)5)66-76-69(72)62-60-58-56-54-52-50-48-21-19-17-15-13-11-9-7-2/h8-11,14-17,20-22,24-25,27-28,30-31,33-34,36-37,39-40,42-43,45-46,48-49,51-52,54,68H,6-7,12-13,18-19,23,26,29,32,35,38,41,44,47,50,53,55-67H2,1-5H3/p+1/b10-8-,11-9-,16-14-,17-15-,22-20-,25-24-,28-27-,31-30-,34-33-,37-36-,40-39-,43-42-,46-45-,48-21-,51-49-,54-52-. The van der Waals surface area contributed by atoms with Crippen LogP contribution in [0.2, 0.25) is 0 Å². The SMILES string of the molecule is CC/C=C\C/C=C\C/C=C\C/C=C\C/C=C\C/C=C\C/C=C\C/C=C\C/C=C\C/C=C\C/C=C\C/C=C\CCCCCCC(=O)OC(COC(=O)CCCC/C=C\C/C=C\C/C=C\C/C=C\CC)COP(=O)(O)OCC[N+](C)(C)C. The Labute approximate surface area is 488 Å². The second-order valence-electron chi connectivity index (χ2n) is 20.3. The van der Waals surface area contributed by atoms with E-state index >= 15 is 0 Å². The lowest BCUT2D eigenvalue weighted by atomic mass is 10.1. The Kier molecular flexibility index (Phi) is 54.7. The number of carbonyl (C=O) groups excluding carboxylic acids is 2. The van der Waals surface area contributed by atoms with Gasteiger partial charge in [-0.1, -0.05) is 221 Å². The van der Waals surface area contributed by atoms with Crippen LogP contribution < -0.4 is 0 Å². The Morgan fingerprint density at radius 3 is 1.01 bits per heavy atom. The number of quaternary nitrogens is 1. The van der Waals surface area contributed by atoms with Crippen molar-refractivity contribution in [1.29, 1.82) is 0 Å². The molecular formula is C70H109NO8P+. The van der Waals surface area contributed by atoms with Crippen molar-refractivity contribution < 1.29 is 42.1 Å². The number of unbranched alkanes of at least 4 members (excludes halogenated alkanes) is 6. The van der Waals surface area contributed by atoms with Gasteiger partial charge in [0.25, 0.3) is 0 Å². The predicted molar refractivity (Wildman–Crippen MR) is 343 cm³/mol. The highest BCUT2D eigenvalue weighted by Gasteiger charge is 2.27. The van der Waals surface area contributed by atoms with Gasteiger partial charge in [0, 0.05) is 12.8 Å². The molecule has 0 fully saturated rings. The number of ether oxygens (including phenoxy) is 2. The molecule has 0 aliphatic carbocycles. The summed E-state index contributed by atoms with van der Waals surface area (Å²) in [6.07, 6.45) is 92.4. The molecule has 0 heterocycles. The lowest BCUT2D eigenvalue weighted by Gasteiger charge is -2.24. The first-order chi connectivity index (χ1) is 39.0. The predicted octanol–water partition coefficient (Wildman–Crippen LogP) is 19.4. The second kappa shape index (κ2) is 58.5. The van der Waals surface area contributed by atoms with Crippen LogP contribution in [0.1, 0.15) is 181 Å². The third kappa shape index (κ3) is 62.1. The molecule has 0 radical (unpaired) electrons. The molecule has 0 aromatic carbocycles. The summed E-state index contributed by atoms with van der Waals surface area (Å²) in [5, 5.41) is 0. The Balaban J connectivity index is 4.24. The first-order valence-corrected chi connectivity index (χ1v) is 31.7. The van der Waals surface area contributed by atoms with E-state index in [9.17, 15) is 19.0 Å². The number of rotatable bonds is 52. The summed E-state index contributed by atoms with van der Waals surface area (Å²) in [7, 11) is 1.40. The molecule has 0 aromatic rings. The lowest BCUT2D eigenvalue weighted by molar-refractivity contribution is -0.870. The normalized spacial score (nSPS) is 14.6. The Morgan fingerprint density at radius 2 is 0.675 bits per heavy atom. The van der Waals surface area contributed by atoms with E-state index in [1.807, 2.05) is 21.1 Å². The Morgan fingerprint density at radius 1 is 0.388 bits per heavy atom. The van der Waals surface area contributed by atoms with Gasteiger partial charge in [-0.3, -0.25) is 18.6 Å². The van der Waals surface area contributed by atoms with E-state index in [2.05, 4.69) is 208 Å². The third-order valence-corrected chi connectivity index (χ3v) is 12.6. The Bertz CT molecular complexity index is 2050. The number of hydrogen-bond donors (Lipinski definition) is 1. The molecule has 80 heavy (non-hydrogen) atoms. The molecule has 0 aliphatic rings. The summed E-state index contributed by atoms with van der Waals surface area (Å²) >= 11 is 0. The highest BCUT2D eigenvalue weighted by molar-refractivity contribution is 7.47. The summed E-state index contributed by atoms with van der Waals surface area (Å²) < 4.78 is 34.4. The van der Waals surface area contributed by atoms with Gasteiger partial charge in [-0.2, -0.15) is 0 Å². The second-order valence-corrected chi connectivity index (χ2v) is 21.7. The number of likely N-dealkylation sites (N-methyl/N-ethyl adjacent to an activating group) is 1. The first kappa shape index (κ1) is 74.8. The van der Waals surface area contributed by atoms with Gasteiger partial charge in [-0.05, 0) is 141 Å². The minimum Gasteiger partial charge on any atom is -0.462 e. The van der Waals surface area contributed by atoms with Crippen LogP contribution in [0.15, 0.2) is 194 Å². The number of phosphoric acid groups is 1. The number of allylic oxidation sites excluding steroid dienone is 32. The molecule has 2 unspecified atom stereocenters. The van der Waals surface area contributed by atoms with Crippen LogP contribution in [0.5, 0.6) is 0 Å². The Hall–Kier alpha value is -5.15. The average Bonchev–Trinajstić information content (AvgIpc) is 3.42. The fraction of sp³-hybridized carbons (Fsp3) is 0.514. The topological polar surface area (TPSA) is 108 Å². The van der Waals surface area contributed by atoms with Gasteiger partial charge >= 0.3 is 19.8 Å². The zero-order valence-electron chi connectivity index (χ0n) is 50.5. The van der Waals surface area contributed by atoms with Crippen molar-refractivity contribution >= 4 is 19.8 Å². The fourth-order valence-corrected chi connectivity index (χ4v) is 7.79. The molecule has 0 spiro atoms. The van der Waals surface area contributed by atoms with Crippen molar-refractivity contribution in [1.82, 2.24) is 0 Å². The monoisotopic (exact) mass is 1120 g/mol. The molecular weight excluding hydrogens is 1010 g/mol. The van der Waals surface area contributed by atoms with Gasteiger partial charge in [0.15, 0.2) is 6.10 Å². The molecule has 0 bridgehead atoms. The number of carbonyl (C=O) groups is 2. The van der Waals surface area contributed by atoms with Crippen LogP contribution in [-0.4, -0.2) is 74.9 Å². The molecule has 0 aromatic heterocycles. The molecule has 9 nitrogen and oxygen atoms in total. The summed E-state index contributed by atoms with van der Waals surface area (Å²) in [4.78, 5) is 35.6. The van der Waals surface area contributed by atoms with Crippen molar-refractivity contribution in [3.05, 3.63) is 194 Å². The van der Waals surface area contributed by atoms with Crippen molar-refractivity contribution in [3.8, 4) is 0 Å². The summed E-state index contributed by atoms with van der Waals surface area (Å²) in [6, 6.07) is 0. The largest absolute Gasteiger partial charge is 0.472 e. The molecule has 1 N–H and O–H groups in total. The number of esters is 2. The van der Waals surface area contributed by atoms with Crippen LogP contribution in [0.3, 0.4) is 0 Å². The van der Waals surface area contributed by atoms with Crippen molar-refractivity contribution in [2.75, 3.05) is 47.5 Å². The van der Waals surface area contributed by atoms with E-state index < -0.39 is 32.5 Å². The highest BCUT2D eigenvalue weighted by Crippen LogP contribution is 2.43. The maximum absolute atomic E-state index is 12.8. The maximum Gasteiger partial charge on any atom is 0.472 e. The molecule has 2 atom stereocenters. The average molecular weight is 1120 g/mol. The van der Waals surface area contributed by atoms with E-state index in [1.54, 1.807) is 0 Å². The minimum atomic E-state index is -4.42. The van der Waals surface area contributed by atoms with Gasteiger partial charge in [0.2, 0.25) is 0 Å². The van der Waals surface area contributed by atoms with E-state index in [0.29, 0.717) is 23.9 Å². The van der Waals surface area contributed by atoms with E-state index in [0.717, 1.165) is 141 Å². The van der Waals surface area contributed by atoms with Gasteiger partial charge in [-0.15, -0.1) is 0 Å². The molecule has 0 saturated carbocycles. The van der Waals surface area contributed by atoms with Crippen LogP contribution in [0.25, 0.3) is 0 Å². The van der Waals surface area contributed by atoms with Gasteiger partial charge in [0.05, 0.1) is 27.7 Å². The fourth-order valence-electron chi connectivity index (χ4n) is 7.04. The molecule has 0 rings (SSSR count). The minimum absolute atomic E-state index is 0.00815. The number of hydrogen-bond acceptors (Lipinski definition) is 7. The molecule has 0 saturated heterocycles. The first-order valence-electron chi connectivity index (χ1n) is 30.2. The van der Waals surface area contributed by atoms with Crippen molar-refractivity contribution in [3.63, 3.8) is 0 Å². The number of phosphoric ester groups is 1. The molecule has 10 heteroatoms. The van der Waals surface area contributed by atoms with Crippen LogP contribution in [0, 0.1) is 0 Å². The highest BCUT2D eigenvalue weighted by atomic mass is 31.2. The quantitative estimate of drug-likeness (QED) is 0.0211. The van der Waals surface area contributed by atoms with E-state index in [4.69, 9.17) is 18.5 Å². The van der Waals surface area contributed by atoms with Crippen LogP contribution in [-0.2, 0) is 32.7 Å². The van der Waals surface area contributed by atoms with Crippen LogP contribution >= 0.6 is 7.82 Å². The lowest BCUT2D eigenvalue weighted by Crippen LogP contribution is -2.37. The smallest absolute Gasteiger partial charge is 0.462 e. The van der Waals surface area contributed by atoms with Gasteiger partial charge in [-0.25, -0.2) is 4.57 Å². The maximum atomic E-state index is 12.8. The van der Waals surface area contributed by atoms with E-state index in [-0.39, 0.29) is 26.1 Å². The van der Waals surface area contributed by atoms with Crippen molar-refractivity contribution in [2.45, 2.75) is 187 Å². The number of nitrogens with zero attached hydrogens (tertiary/aromatic N) is 1. The van der Waals surface area contributed by atoms with E-state index in [1.165, 1.54) is 0 Å². The summed E-state index contributed by atoms with van der Waals surface area (Å²) in [5.74, 6) is -0.895. The summed E-state index contributed by atoms with van der Waals surface area (Å²) in [5.41, 5.74) is 0. The molecule has 446 valence electrons. The zero-order chi connectivity index (χ0) is 58.4. The molecule has 0 aliphatic heterocycles. The zero-order valence-corrected chi connectivity index (χ0v) is 51.4. The third-order valence-electron chi connectivity index (χ3n) is 11.6. The molecule has 0 amide bonds. The van der Waals surface area contributed by atoms with Crippen LogP contribution in [0.4, 0.5) is 0 Å². The summed E-state index contributed by atoms with van der Waals surface area (Å²) in [6.45, 7) is 4.08.